The Labute approximate surface area is 107 Å². The summed E-state index contributed by atoms with van der Waals surface area (Å²) in [5.74, 6) is -7.53. The van der Waals surface area contributed by atoms with E-state index in [1.807, 2.05) is 0 Å². The van der Waals surface area contributed by atoms with Crippen molar-refractivity contribution in [3.05, 3.63) is 34.9 Å². The Kier molecular flexibility index (Phi) is 4.32. The van der Waals surface area contributed by atoms with Crippen LogP contribution in [0, 0.1) is 0 Å². The highest BCUT2D eigenvalue weighted by atomic mass is 19.4. The van der Waals surface area contributed by atoms with Crippen LogP contribution in [-0.2, 0) is 12.8 Å². The Bertz CT molecular complexity index is 454. The van der Waals surface area contributed by atoms with Crippen molar-refractivity contribution in [3.63, 3.8) is 0 Å². The van der Waals surface area contributed by atoms with Crippen LogP contribution in [0.4, 0.5) is 22.0 Å². The van der Waals surface area contributed by atoms with Gasteiger partial charge in [-0.05, 0) is 24.0 Å². The first-order chi connectivity index (χ1) is 8.66. The number of halogens is 5. The molecule has 0 bridgehead atoms. The van der Waals surface area contributed by atoms with E-state index in [-0.39, 0.29) is 24.0 Å². The Balaban J connectivity index is 3.42. The summed E-state index contributed by atoms with van der Waals surface area (Å²) in [7, 11) is 0. The van der Waals surface area contributed by atoms with E-state index in [0.29, 0.717) is 0 Å². The summed E-state index contributed by atoms with van der Waals surface area (Å²) in [6, 6.07) is 4.32. The Morgan fingerprint density at radius 3 is 1.74 bits per heavy atom. The van der Waals surface area contributed by atoms with Crippen LogP contribution in [0.5, 0.6) is 0 Å². The van der Waals surface area contributed by atoms with Gasteiger partial charge in [0.15, 0.2) is 0 Å². The molecule has 0 aromatic heterocycles. The Morgan fingerprint density at radius 1 is 1.00 bits per heavy atom. The van der Waals surface area contributed by atoms with E-state index in [4.69, 9.17) is 0 Å². The lowest BCUT2D eigenvalue weighted by Crippen LogP contribution is -2.44. The second-order valence-corrected chi connectivity index (χ2v) is 4.06. The monoisotopic (exact) mass is 280 g/mol. The number of aryl methyl sites for hydroxylation is 2. The zero-order chi connectivity index (χ0) is 14.8. The molecular formula is C13H13F5O. The molecule has 1 nitrogen and oxygen atoms in total. The molecule has 0 heterocycles. The highest BCUT2D eigenvalue weighted by Gasteiger charge is 2.63. The first-order valence-corrected chi connectivity index (χ1v) is 5.76. The first kappa shape index (κ1) is 15.6. The summed E-state index contributed by atoms with van der Waals surface area (Å²) in [6.07, 6.45) is -5.46. The van der Waals surface area contributed by atoms with Gasteiger partial charge in [0, 0.05) is 5.56 Å². The molecule has 0 amide bonds. The van der Waals surface area contributed by atoms with E-state index in [1.54, 1.807) is 19.9 Å². The molecule has 0 atom stereocenters. The van der Waals surface area contributed by atoms with Gasteiger partial charge in [0.2, 0.25) is 5.78 Å². The molecule has 0 N–H and O–H groups in total. The maximum absolute atomic E-state index is 13.2. The Hall–Kier alpha value is -1.46. The minimum absolute atomic E-state index is 0.202. The fourth-order valence-electron chi connectivity index (χ4n) is 1.82. The lowest BCUT2D eigenvalue weighted by atomic mass is 9.91. The van der Waals surface area contributed by atoms with Gasteiger partial charge >= 0.3 is 12.1 Å². The number of hydrogen-bond donors (Lipinski definition) is 0. The zero-order valence-corrected chi connectivity index (χ0v) is 10.4. The molecule has 0 radical (unpaired) electrons. The number of benzene rings is 1. The molecule has 0 aliphatic heterocycles. The van der Waals surface area contributed by atoms with Crippen LogP contribution >= 0.6 is 0 Å². The van der Waals surface area contributed by atoms with Crippen molar-refractivity contribution in [1.29, 1.82) is 0 Å². The number of carbonyl (C=O) groups is 1. The van der Waals surface area contributed by atoms with E-state index in [9.17, 15) is 26.7 Å². The molecule has 0 saturated heterocycles. The van der Waals surface area contributed by atoms with E-state index < -0.39 is 23.4 Å². The number of Topliss-reactive ketones (excluding diaryl/α,β-unsaturated/α-hetero) is 1. The summed E-state index contributed by atoms with van der Waals surface area (Å²) < 4.78 is 63.1. The number of rotatable bonds is 4. The molecule has 1 aromatic carbocycles. The van der Waals surface area contributed by atoms with Gasteiger partial charge in [-0.1, -0.05) is 32.0 Å². The third-order valence-corrected chi connectivity index (χ3v) is 2.87. The molecule has 0 saturated carbocycles. The molecule has 1 rings (SSSR count). The predicted molar refractivity (Wildman–Crippen MR) is 60.5 cm³/mol. The van der Waals surface area contributed by atoms with Crippen LogP contribution < -0.4 is 0 Å². The van der Waals surface area contributed by atoms with Crippen molar-refractivity contribution >= 4 is 5.78 Å². The van der Waals surface area contributed by atoms with Gasteiger partial charge in [0.25, 0.3) is 0 Å². The largest absolute Gasteiger partial charge is 0.461 e. The van der Waals surface area contributed by atoms with Crippen LogP contribution in [0.25, 0.3) is 0 Å². The lowest BCUT2D eigenvalue weighted by Gasteiger charge is -2.21. The van der Waals surface area contributed by atoms with Gasteiger partial charge < -0.3 is 0 Å². The van der Waals surface area contributed by atoms with Crippen LogP contribution in [-0.4, -0.2) is 17.9 Å². The average molecular weight is 280 g/mol. The molecule has 0 aliphatic carbocycles. The van der Waals surface area contributed by atoms with Gasteiger partial charge in [-0.15, -0.1) is 0 Å². The van der Waals surface area contributed by atoms with Crippen LogP contribution in [0.1, 0.15) is 35.3 Å². The summed E-state index contributed by atoms with van der Waals surface area (Å²) in [5, 5.41) is 0. The summed E-state index contributed by atoms with van der Waals surface area (Å²) in [4.78, 5) is 11.6. The minimum Gasteiger partial charge on any atom is -0.287 e. The smallest absolute Gasteiger partial charge is 0.287 e. The van der Waals surface area contributed by atoms with Crippen LogP contribution in [0.3, 0.4) is 0 Å². The van der Waals surface area contributed by atoms with Gasteiger partial charge in [-0.2, -0.15) is 22.0 Å². The summed E-state index contributed by atoms with van der Waals surface area (Å²) >= 11 is 0. The molecule has 106 valence electrons. The van der Waals surface area contributed by atoms with E-state index in [1.165, 1.54) is 12.1 Å². The minimum atomic E-state index is -5.88. The fraction of sp³-hybridized carbons (Fsp3) is 0.462. The molecule has 0 aliphatic rings. The highest BCUT2D eigenvalue weighted by Crippen LogP contribution is 2.39. The van der Waals surface area contributed by atoms with Crippen molar-refractivity contribution in [2.24, 2.45) is 0 Å². The van der Waals surface area contributed by atoms with Crippen molar-refractivity contribution < 1.29 is 26.7 Å². The van der Waals surface area contributed by atoms with Gasteiger partial charge in [-0.3, -0.25) is 4.79 Å². The van der Waals surface area contributed by atoms with E-state index >= 15 is 0 Å². The number of alkyl halides is 5. The second kappa shape index (κ2) is 5.27. The average Bonchev–Trinajstić information content (AvgIpc) is 2.35. The van der Waals surface area contributed by atoms with Gasteiger partial charge in [-0.25, -0.2) is 0 Å². The maximum atomic E-state index is 13.2. The van der Waals surface area contributed by atoms with E-state index in [0.717, 1.165) is 0 Å². The molecular weight excluding hydrogens is 267 g/mol. The fourth-order valence-corrected chi connectivity index (χ4v) is 1.82. The van der Waals surface area contributed by atoms with Gasteiger partial charge in [0.1, 0.15) is 0 Å². The van der Waals surface area contributed by atoms with Crippen molar-refractivity contribution in [1.82, 2.24) is 0 Å². The summed E-state index contributed by atoms with van der Waals surface area (Å²) in [5.41, 5.74) is -0.101. The molecule has 1 aromatic rings. The highest BCUT2D eigenvalue weighted by molar-refractivity contribution is 6.04. The zero-order valence-electron chi connectivity index (χ0n) is 10.4. The molecule has 19 heavy (non-hydrogen) atoms. The lowest BCUT2D eigenvalue weighted by molar-refractivity contribution is -0.255. The quantitative estimate of drug-likeness (QED) is 0.597. The van der Waals surface area contributed by atoms with Crippen molar-refractivity contribution in [2.75, 3.05) is 0 Å². The Morgan fingerprint density at radius 2 is 1.42 bits per heavy atom. The van der Waals surface area contributed by atoms with E-state index in [2.05, 4.69) is 0 Å². The first-order valence-electron chi connectivity index (χ1n) is 5.76. The number of carbonyl (C=O) groups excluding carboxylic acids is 1. The third kappa shape index (κ3) is 2.77. The van der Waals surface area contributed by atoms with Crippen molar-refractivity contribution in [3.8, 4) is 0 Å². The molecule has 6 heteroatoms. The molecule has 0 unspecified atom stereocenters. The van der Waals surface area contributed by atoms with Crippen LogP contribution in [0.2, 0.25) is 0 Å². The van der Waals surface area contributed by atoms with Gasteiger partial charge in [0.05, 0.1) is 0 Å². The standard InChI is InChI=1S/C13H13F5O/c1-3-8-6-5-7-9(4-2)10(8)11(19)12(14,15)13(16,17)18/h5-7H,3-4H2,1-2H3. The molecule has 0 spiro atoms. The summed E-state index contributed by atoms with van der Waals surface area (Å²) in [6.45, 7) is 3.19. The SMILES string of the molecule is CCc1cccc(CC)c1C(=O)C(F)(F)C(F)(F)F. The number of ketones is 1. The topological polar surface area (TPSA) is 17.1 Å². The van der Waals surface area contributed by atoms with Crippen LogP contribution in [0.15, 0.2) is 18.2 Å². The number of hydrogen-bond acceptors (Lipinski definition) is 1. The second-order valence-electron chi connectivity index (χ2n) is 4.06. The molecule has 0 fully saturated rings. The predicted octanol–water partition coefficient (Wildman–Crippen LogP) is 4.19. The van der Waals surface area contributed by atoms with Crippen molar-refractivity contribution in [2.45, 2.75) is 38.8 Å². The maximum Gasteiger partial charge on any atom is 0.461 e. The third-order valence-electron chi connectivity index (χ3n) is 2.87. The normalized spacial score (nSPS) is 12.6.